The lowest BCUT2D eigenvalue weighted by molar-refractivity contribution is -0.122. The molecule has 3 aromatic rings. The zero-order chi connectivity index (χ0) is 24.2. The van der Waals surface area contributed by atoms with Crippen molar-refractivity contribution >= 4 is 34.8 Å². The Morgan fingerprint density at radius 3 is 2.44 bits per heavy atom. The minimum atomic E-state index is -0.813. The summed E-state index contributed by atoms with van der Waals surface area (Å²) in [6.07, 6.45) is -0.123. The van der Waals surface area contributed by atoms with Crippen molar-refractivity contribution < 1.29 is 27.9 Å². The van der Waals surface area contributed by atoms with E-state index in [1.807, 2.05) is 0 Å². The fraction of sp³-hybridized carbons (Fsp3) is 0.160. The summed E-state index contributed by atoms with van der Waals surface area (Å²) in [5.74, 6) is -3.15. The molecule has 3 amide bonds. The Kier molecular flexibility index (Phi) is 6.53. The van der Waals surface area contributed by atoms with Gasteiger partial charge in [0.2, 0.25) is 11.8 Å². The van der Waals surface area contributed by atoms with E-state index in [-0.39, 0.29) is 29.9 Å². The average Bonchev–Trinajstić information content (AvgIpc) is 3.20. The van der Waals surface area contributed by atoms with Crippen LogP contribution in [-0.2, 0) is 9.59 Å². The highest BCUT2D eigenvalue weighted by Gasteiger charge is 2.36. The maximum atomic E-state index is 13.6. The van der Waals surface area contributed by atoms with Crippen molar-refractivity contribution in [3.05, 3.63) is 83.9 Å². The topological polar surface area (TPSA) is 87.7 Å². The van der Waals surface area contributed by atoms with Crippen molar-refractivity contribution in [3.63, 3.8) is 0 Å². The van der Waals surface area contributed by atoms with Crippen LogP contribution in [0.2, 0.25) is 0 Å². The molecule has 1 saturated heterocycles. The standard InChI is InChI=1S/C25H21F2N3O4/c1-34-20-6-4-5-18(13-20)28-25(33)21-7-2-3-8-22(21)29-24(32)15-9-23(31)30(14-15)19-11-16(26)10-17(27)12-19/h2-8,10-13,15H,9,14H2,1H3,(H,28,33)(H,29,32). The molecule has 0 aliphatic carbocycles. The van der Waals surface area contributed by atoms with Crippen molar-refractivity contribution in [2.45, 2.75) is 6.42 Å². The number of methoxy groups -OCH3 is 1. The van der Waals surface area contributed by atoms with Gasteiger partial charge in [-0.15, -0.1) is 0 Å². The summed E-state index contributed by atoms with van der Waals surface area (Å²) in [5, 5.41) is 5.46. The van der Waals surface area contributed by atoms with Crippen molar-refractivity contribution in [2.75, 3.05) is 29.2 Å². The summed E-state index contributed by atoms with van der Waals surface area (Å²) in [4.78, 5) is 39.4. The molecule has 1 aliphatic rings. The van der Waals surface area contributed by atoms with Crippen LogP contribution in [0.1, 0.15) is 16.8 Å². The minimum Gasteiger partial charge on any atom is -0.497 e. The van der Waals surface area contributed by atoms with Gasteiger partial charge in [-0.05, 0) is 36.4 Å². The summed E-state index contributed by atoms with van der Waals surface area (Å²) in [6.45, 7) is -0.0360. The van der Waals surface area contributed by atoms with E-state index in [2.05, 4.69) is 10.6 Å². The van der Waals surface area contributed by atoms with Crippen LogP contribution in [0.15, 0.2) is 66.7 Å². The molecule has 3 aromatic carbocycles. The number of anilines is 3. The third kappa shape index (κ3) is 5.03. The number of hydrogen-bond acceptors (Lipinski definition) is 4. The first-order chi connectivity index (χ1) is 16.3. The van der Waals surface area contributed by atoms with E-state index >= 15 is 0 Å². The van der Waals surface area contributed by atoms with Gasteiger partial charge in [0.05, 0.1) is 24.3 Å². The van der Waals surface area contributed by atoms with E-state index in [4.69, 9.17) is 4.74 Å². The summed E-state index contributed by atoms with van der Waals surface area (Å²) >= 11 is 0. The Morgan fingerprint density at radius 1 is 0.971 bits per heavy atom. The highest BCUT2D eigenvalue weighted by molar-refractivity contribution is 6.11. The Balaban J connectivity index is 1.47. The molecule has 7 nitrogen and oxygen atoms in total. The van der Waals surface area contributed by atoms with Gasteiger partial charge in [0.1, 0.15) is 17.4 Å². The molecule has 34 heavy (non-hydrogen) atoms. The molecule has 9 heteroatoms. The van der Waals surface area contributed by atoms with Gasteiger partial charge < -0.3 is 20.3 Å². The number of nitrogens with zero attached hydrogens (tertiary/aromatic N) is 1. The fourth-order valence-electron chi connectivity index (χ4n) is 3.75. The van der Waals surface area contributed by atoms with Crippen LogP contribution in [0.3, 0.4) is 0 Å². The second kappa shape index (κ2) is 9.70. The zero-order valence-corrected chi connectivity index (χ0v) is 18.2. The van der Waals surface area contributed by atoms with Crippen molar-refractivity contribution in [3.8, 4) is 5.75 Å². The van der Waals surface area contributed by atoms with Crippen LogP contribution < -0.4 is 20.3 Å². The number of carbonyl (C=O) groups is 3. The van der Waals surface area contributed by atoms with Crippen LogP contribution in [0.4, 0.5) is 25.8 Å². The molecule has 1 aliphatic heterocycles. The van der Waals surface area contributed by atoms with Crippen molar-refractivity contribution in [1.82, 2.24) is 0 Å². The Labute approximate surface area is 194 Å². The maximum absolute atomic E-state index is 13.6. The molecule has 1 unspecified atom stereocenters. The Hall–Kier alpha value is -4.27. The number of benzene rings is 3. The molecule has 0 bridgehead atoms. The predicted molar refractivity (Wildman–Crippen MR) is 123 cm³/mol. The molecule has 0 aromatic heterocycles. The molecule has 4 rings (SSSR count). The lowest BCUT2D eigenvalue weighted by atomic mass is 10.1. The van der Waals surface area contributed by atoms with Crippen LogP contribution in [0.5, 0.6) is 5.75 Å². The zero-order valence-electron chi connectivity index (χ0n) is 18.2. The molecule has 0 saturated carbocycles. The molecular formula is C25H21F2N3O4. The van der Waals surface area contributed by atoms with E-state index in [1.165, 1.54) is 12.0 Å². The van der Waals surface area contributed by atoms with Gasteiger partial charge >= 0.3 is 0 Å². The lowest BCUT2D eigenvalue weighted by Gasteiger charge is -2.17. The van der Waals surface area contributed by atoms with Gasteiger partial charge in [-0.2, -0.15) is 0 Å². The molecule has 0 radical (unpaired) electrons. The third-order valence-corrected chi connectivity index (χ3v) is 5.41. The van der Waals surface area contributed by atoms with E-state index in [0.29, 0.717) is 17.5 Å². The van der Waals surface area contributed by atoms with E-state index in [1.54, 1.807) is 48.5 Å². The van der Waals surface area contributed by atoms with E-state index < -0.39 is 35.3 Å². The molecule has 1 fully saturated rings. The van der Waals surface area contributed by atoms with Gasteiger partial charge in [-0.3, -0.25) is 14.4 Å². The largest absolute Gasteiger partial charge is 0.497 e. The highest BCUT2D eigenvalue weighted by Crippen LogP contribution is 2.28. The van der Waals surface area contributed by atoms with Crippen LogP contribution >= 0.6 is 0 Å². The van der Waals surface area contributed by atoms with Crippen LogP contribution in [0.25, 0.3) is 0 Å². The molecule has 174 valence electrons. The number of para-hydroxylation sites is 1. The second-order valence-corrected chi connectivity index (χ2v) is 7.75. The van der Waals surface area contributed by atoms with Gasteiger partial charge in [0.15, 0.2) is 0 Å². The Morgan fingerprint density at radius 2 is 1.71 bits per heavy atom. The summed E-state index contributed by atoms with van der Waals surface area (Å²) < 4.78 is 32.3. The normalized spacial score (nSPS) is 15.2. The highest BCUT2D eigenvalue weighted by atomic mass is 19.1. The number of rotatable bonds is 6. The summed E-state index contributed by atoms with van der Waals surface area (Å²) in [6, 6.07) is 16.1. The van der Waals surface area contributed by atoms with Gasteiger partial charge in [-0.25, -0.2) is 8.78 Å². The first kappa shape index (κ1) is 22.9. The third-order valence-electron chi connectivity index (χ3n) is 5.41. The molecule has 1 atom stereocenters. The van der Waals surface area contributed by atoms with Gasteiger partial charge in [0.25, 0.3) is 5.91 Å². The fourth-order valence-corrected chi connectivity index (χ4v) is 3.75. The van der Waals surface area contributed by atoms with E-state index in [0.717, 1.165) is 12.1 Å². The number of carbonyl (C=O) groups excluding carboxylic acids is 3. The molecule has 2 N–H and O–H groups in total. The van der Waals surface area contributed by atoms with Crippen LogP contribution in [-0.4, -0.2) is 31.4 Å². The molecular weight excluding hydrogens is 444 g/mol. The van der Waals surface area contributed by atoms with Crippen molar-refractivity contribution in [2.24, 2.45) is 5.92 Å². The Bertz CT molecular complexity index is 1240. The predicted octanol–water partition coefficient (Wildman–Crippen LogP) is 4.22. The monoisotopic (exact) mass is 465 g/mol. The quantitative estimate of drug-likeness (QED) is 0.571. The van der Waals surface area contributed by atoms with Gasteiger partial charge in [0, 0.05) is 36.5 Å². The first-order valence-corrected chi connectivity index (χ1v) is 10.5. The lowest BCUT2D eigenvalue weighted by Crippen LogP contribution is -2.29. The second-order valence-electron chi connectivity index (χ2n) is 7.75. The number of ether oxygens (including phenoxy) is 1. The number of hydrogen-bond donors (Lipinski definition) is 2. The van der Waals surface area contributed by atoms with Crippen LogP contribution in [0, 0.1) is 17.6 Å². The van der Waals surface area contributed by atoms with Gasteiger partial charge in [-0.1, -0.05) is 18.2 Å². The average molecular weight is 465 g/mol. The minimum absolute atomic E-state index is 0.0360. The first-order valence-electron chi connectivity index (χ1n) is 10.5. The number of nitrogens with one attached hydrogen (secondary N) is 2. The molecule has 0 spiro atoms. The van der Waals surface area contributed by atoms with Crippen molar-refractivity contribution in [1.29, 1.82) is 0 Å². The SMILES string of the molecule is COc1cccc(NC(=O)c2ccccc2NC(=O)C2CC(=O)N(c3cc(F)cc(F)c3)C2)c1. The number of amides is 3. The summed E-state index contributed by atoms with van der Waals surface area (Å²) in [7, 11) is 1.52. The number of halogens is 2. The van der Waals surface area contributed by atoms with E-state index in [9.17, 15) is 23.2 Å². The summed E-state index contributed by atoms with van der Waals surface area (Å²) in [5.41, 5.74) is 1.07. The maximum Gasteiger partial charge on any atom is 0.257 e. The smallest absolute Gasteiger partial charge is 0.257 e. The molecule has 1 heterocycles.